The highest BCUT2D eigenvalue weighted by Gasteiger charge is 2.13. The molecule has 1 aromatic carbocycles. The quantitative estimate of drug-likeness (QED) is 0.680. The number of hydrogen-bond donors (Lipinski definition) is 2. The van der Waals surface area contributed by atoms with Crippen LogP contribution in [0, 0.1) is 13.8 Å². The van der Waals surface area contributed by atoms with Crippen molar-refractivity contribution in [2.45, 2.75) is 20.8 Å². The summed E-state index contributed by atoms with van der Waals surface area (Å²) in [6.45, 7) is 5.95. The second kappa shape index (κ2) is 7.22. The number of aromatic nitrogens is 4. The van der Waals surface area contributed by atoms with Crippen LogP contribution in [0.2, 0.25) is 0 Å². The van der Waals surface area contributed by atoms with Gasteiger partial charge < -0.3 is 15.8 Å². The first-order valence-electron chi connectivity index (χ1n) is 8.18. The number of nitrogens with one attached hydrogen (secondary N) is 1. The van der Waals surface area contributed by atoms with E-state index in [9.17, 15) is 4.79 Å². The maximum Gasteiger partial charge on any atom is 0.338 e. The van der Waals surface area contributed by atoms with Crippen molar-refractivity contribution < 1.29 is 9.53 Å². The molecule has 0 atom stereocenters. The van der Waals surface area contributed by atoms with Crippen molar-refractivity contribution in [3.05, 3.63) is 53.6 Å². The van der Waals surface area contributed by atoms with Crippen LogP contribution in [0.25, 0.3) is 5.82 Å². The van der Waals surface area contributed by atoms with Gasteiger partial charge in [-0.2, -0.15) is 5.10 Å². The Labute approximate surface area is 151 Å². The lowest BCUT2D eigenvalue weighted by atomic mass is 10.2. The maximum atomic E-state index is 11.7. The summed E-state index contributed by atoms with van der Waals surface area (Å²) in [5.41, 5.74) is 9.65. The fourth-order valence-electron chi connectivity index (χ4n) is 2.54. The van der Waals surface area contributed by atoms with E-state index in [0.29, 0.717) is 29.5 Å². The van der Waals surface area contributed by atoms with Crippen LogP contribution >= 0.6 is 0 Å². The van der Waals surface area contributed by atoms with E-state index in [-0.39, 0.29) is 5.97 Å². The van der Waals surface area contributed by atoms with Crippen LogP contribution in [0.3, 0.4) is 0 Å². The Bertz CT molecular complexity index is 933. The zero-order valence-corrected chi connectivity index (χ0v) is 14.9. The van der Waals surface area contributed by atoms with Crippen molar-refractivity contribution in [3.63, 3.8) is 0 Å². The average Bonchev–Trinajstić information content (AvgIpc) is 2.96. The van der Waals surface area contributed by atoms with Crippen molar-refractivity contribution in [1.82, 2.24) is 19.7 Å². The number of nitrogens with two attached hydrogens (primary N) is 1. The lowest BCUT2D eigenvalue weighted by Crippen LogP contribution is -2.10. The molecule has 2 heterocycles. The highest BCUT2D eigenvalue weighted by atomic mass is 16.5. The van der Waals surface area contributed by atoms with Crippen molar-refractivity contribution in [2.24, 2.45) is 0 Å². The van der Waals surface area contributed by atoms with Crippen molar-refractivity contribution >= 4 is 23.2 Å². The fraction of sp³-hybridized carbons (Fsp3) is 0.222. The van der Waals surface area contributed by atoms with Crippen molar-refractivity contribution in [3.8, 4) is 5.82 Å². The number of aryl methyl sites for hydroxylation is 2. The molecule has 0 fully saturated rings. The number of rotatable bonds is 5. The van der Waals surface area contributed by atoms with E-state index in [2.05, 4.69) is 20.4 Å². The number of hydrogen-bond acceptors (Lipinski definition) is 7. The summed E-state index contributed by atoms with van der Waals surface area (Å²) in [5.74, 6) is 0.620. The van der Waals surface area contributed by atoms with E-state index in [4.69, 9.17) is 10.5 Å². The molecule has 0 bridgehead atoms. The van der Waals surface area contributed by atoms with E-state index >= 15 is 0 Å². The zero-order chi connectivity index (χ0) is 18.7. The van der Waals surface area contributed by atoms with Gasteiger partial charge in [0.2, 0.25) is 0 Å². The first-order chi connectivity index (χ1) is 12.5. The molecule has 134 valence electrons. The Balaban J connectivity index is 1.86. The molecule has 8 heteroatoms. The Morgan fingerprint density at radius 1 is 1.23 bits per heavy atom. The standard InChI is InChI=1S/C18H20N6O2/c1-4-26-18(25)13-5-7-14(8-6-13)22-16-15(19)17(21-10-20-16)24-12(3)9-11(2)23-24/h5-10H,4,19H2,1-3H3,(H,20,21,22). The minimum atomic E-state index is -0.354. The molecule has 0 saturated carbocycles. The SMILES string of the molecule is CCOC(=O)c1ccc(Nc2ncnc(-n3nc(C)cc3C)c2N)cc1. The lowest BCUT2D eigenvalue weighted by Gasteiger charge is -2.12. The molecule has 0 unspecified atom stereocenters. The van der Waals surface area contributed by atoms with Crippen LogP contribution in [-0.2, 0) is 4.74 Å². The van der Waals surface area contributed by atoms with Gasteiger partial charge in [-0.15, -0.1) is 0 Å². The minimum Gasteiger partial charge on any atom is -0.462 e. The zero-order valence-electron chi connectivity index (χ0n) is 14.9. The number of benzene rings is 1. The summed E-state index contributed by atoms with van der Waals surface area (Å²) in [4.78, 5) is 20.2. The highest BCUT2D eigenvalue weighted by Crippen LogP contribution is 2.25. The summed E-state index contributed by atoms with van der Waals surface area (Å²) >= 11 is 0. The Kier molecular flexibility index (Phi) is 4.83. The molecule has 3 N–H and O–H groups in total. The summed E-state index contributed by atoms with van der Waals surface area (Å²) < 4.78 is 6.66. The van der Waals surface area contributed by atoms with Crippen LogP contribution < -0.4 is 11.1 Å². The van der Waals surface area contributed by atoms with Crippen LogP contribution in [0.15, 0.2) is 36.7 Å². The summed E-state index contributed by atoms with van der Waals surface area (Å²) in [7, 11) is 0. The predicted octanol–water partition coefficient (Wildman–Crippen LogP) is 2.78. The molecule has 3 aromatic rings. The molecule has 0 spiro atoms. The van der Waals surface area contributed by atoms with Gasteiger partial charge in [-0.05, 0) is 51.1 Å². The summed E-state index contributed by atoms with van der Waals surface area (Å²) in [5, 5.41) is 7.54. The van der Waals surface area contributed by atoms with Gasteiger partial charge in [0.25, 0.3) is 0 Å². The largest absolute Gasteiger partial charge is 0.462 e. The Morgan fingerprint density at radius 3 is 2.58 bits per heavy atom. The molecule has 0 aliphatic heterocycles. The van der Waals surface area contributed by atoms with Crippen molar-refractivity contribution in [2.75, 3.05) is 17.7 Å². The molecule has 0 aliphatic rings. The topological polar surface area (TPSA) is 108 Å². The van der Waals surface area contributed by atoms with Gasteiger partial charge in [-0.25, -0.2) is 19.4 Å². The number of anilines is 3. The number of nitrogens with zero attached hydrogens (tertiary/aromatic N) is 4. The van der Waals surface area contributed by atoms with Crippen LogP contribution in [0.4, 0.5) is 17.2 Å². The molecule has 3 rings (SSSR count). The van der Waals surface area contributed by atoms with E-state index in [1.807, 2.05) is 19.9 Å². The maximum absolute atomic E-state index is 11.7. The number of carbonyl (C=O) groups excluding carboxylic acids is 1. The first-order valence-corrected chi connectivity index (χ1v) is 8.18. The minimum absolute atomic E-state index is 0.339. The second-order valence-electron chi connectivity index (χ2n) is 5.72. The van der Waals surface area contributed by atoms with Crippen LogP contribution in [0.1, 0.15) is 28.7 Å². The molecule has 0 amide bonds. The lowest BCUT2D eigenvalue weighted by molar-refractivity contribution is 0.0526. The van der Waals surface area contributed by atoms with Gasteiger partial charge in [-0.3, -0.25) is 0 Å². The predicted molar refractivity (Wildman–Crippen MR) is 98.7 cm³/mol. The van der Waals surface area contributed by atoms with Crippen LogP contribution in [-0.4, -0.2) is 32.3 Å². The normalized spacial score (nSPS) is 10.6. The second-order valence-corrected chi connectivity index (χ2v) is 5.72. The third kappa shape index (κ3) is 3.49. The Hall–Kier alpha value is -3.42. The average molecular weight is 352 g/mol. The van der Waals surface area contributed by atoms with E-state index < -0.39 is 0 Å². The highest BCUT2D eigenvalue weighted by molar-refractivity contribution is 5.90. The van der Waals surface area contributed by atoms with Gasteiger partial charge in [-0.1, -0.05) is 0 Å². The van der Waals surface area contributed by atoms with E-state index in [1.165, 1.54) is 6.33 Å². The molecule has 0 radical (unpaired) electrons. The van der Waals surface area contributed by atoms with Crippen LogP contribution in [0.5, 0.6) is 0 Å². The fourth-order valence-corrected chi connectivity index (χ4v) is 2.54. The number of nitrogen functional groups attached to an aromatic ring is 1. The van der Waals surface area contributed by atoms with E-state index in [0.717, 1.165) is 17.1 Å². The molecule has 26 heavy (non-hydrogen) atoms. The smallest absolute Gasteiger partial charge is 0.338 e. The summed E-state index contributed by atoms with van der Waals surface area (Å²) in [6.07, 6.45) is 1.43. The number of ether oxygens (including phenoxy) is 1. The third-order valence-electron chi connectivity index (χ3n) is 3.73. The first kappa shape index (κ1) is 17.4. The van der Waals surface area contributed by atoms with E-state index in [1.54, 1.807) is 35.9 Å². The van der Waals surface area contributed by atoms with Crippen molar-refractivity contribution in [1.29, 1.82) is 0 Å². The molecule has 0 saturated heterocycles. The van der Waals surface area contributed by atoms with Gasteiger partial charge in [0.15, 0.2) is 11.6 Å². The van der Waals surface area contributed by atoms with Gasteiger partial charge in [0, 0.05) is 11.4 Å². The van der Waals surface area contributed by atoms with Gasteiger partial charge in [0.1, 0.15) is 12.0 Å². The molecular weight excluding hydrogens is 332 g/mol. The number of esters is 1. The monoisotopic (exact) mass is 352 g/mol. The van der Waals surface area contributed by atoms with Gasteiger partial charge >= 0.3 is 5.97 Å². The molecule has 2 aromatic heterocycles. The third-order valence-corrected chi connectivity index (χ3v) is 3.73. The van der Waals surface area contributed by atoms with Gasteiger partial charge in [0.05, 0.1) is 17.9 Å². The molecule has 8 nitrogen and oxygen atoms in total. The number of carbonyl (C=O) groups is 1. The molecule has 0 aliphatic carbocycles. The Morgan fingerprint density at radius 2 is 1.96 bits per heavy atom. The molecular formula is C18H20N6O2. The summed E-state index contributed by atoms with van der Waals surface area (Å²) in [6, 6.07) is 8.83.